The van der Waals surface area contributed by atoms with Crippen LogP contribution in [0.15, 0.2) is 58.6 Å². The van der Waals surface area contributed by atoms with Gasteiger partial charge in [-0.15, -0.1) is 0 Å². The summed E-state index contributed by atoms with van der Waals surface area (Å²) in [6, 6.07) is 14.4. The molecule has 7 nitrogen and oxygen atoms in total. The van der Waals surface area contributed by atoms with Gasteiger partial charge in [-0.2, -0.15) is 0 Å². The van der Waals surface area contributed by atoms with E-state index in [4.69, 9.17) is 5.14 Å². The normalized spacial score (nSPS) is 11.7. The highest BCUT2D eigenvalue weighted by Gasteiger charge is 2.16. The first-order valence-electron chi connectivity index (χ1n) is 8.73. The summed E-state index contributed by atoms with van der Waals surface area (Å²) in [6.45, 7) is 3.17. The van der Waals surface area contributed by atoms with Crippen molar-refractivity contribution in [2.24, 2.45) is 5.14 Å². The Morgan fingerprint density at radius 3 is 2.57 bits per heavy atom. The van der Waals surface area contributed by atoms with E-state index in [2.05, 4.69) is 4.98 Å². The van der Waals surface area contributed by atoms with Gasteiger partial charge in [0.25, 0.3) is 0 Å². The highest BCUT2D eigenvalue weighted by Crippen LogP contribution is 2.26. The molecule has 0 aliphatic heterocycles. The number of aromatic nitrogens is 2. The molecule has 0 radical (unpaired) electrons. The van der Waals surface area contributed by atoms with Gasteiger partial charge in [0.1, 0.15) is 0 Å². The molecule has 1 amide bonds. The van der Waals surface area contributed by atoms with Crippen molar-refractivity contribution in [1.29, 1.82) is 0 Å². The molecule has 1 heterocycles. The molecule has 2 N–H and O–H groups in total. The van der Waals surface area contributed by atoms with Gasteiger partial charge in [0.2, 0.25) is 15.9 Å². The number of carbonyl (C=O) groups excluding carboxylic acids is 1. The first-order valence-corrected chi connectivity index (χ1v) is 11.3. The predicted octanol–water partition coefficient (Wildman–Crippen LogP) is 2.45. The maximum Gasteiger partial charge on any atom is 0.238 e. The number of hydrogen-bond acceptors (Lipinski definition) is 5. The second kappa shape index (κ2) is 8.34. The zero-order chi connectivity index (χ0) is 20.3. The monoisotopic (exact) mass is 418 g/mol. The molecule has 0 unspecified atom stereocenters. The van der Waals surface area contributed by atoms with Crippen molar-refractivity contribution in [3.8, 4) is 0 Å². The van der Waals surface area contributed by atoms with Gasteiger partial charge < -0.3 is 9.47 Å². The van der Waals surface area contributed by atoms with Crippen molar-refractivity contribution in [2.75, 3.05) is 12.8 Å². The van der Waals surface area contributed by atoms with E-state index in [0.717, 1.165) is 11.1 Å². The van der Waals surface area contributed by atoms with Crippen LogP contribution in [0.5, 0.6) is 0 Å². The van der Waals surface area contributed by atoms with Gasteiger partial charge in [-0.25, -0.2) is 18.5 Å². The van der Waals surface area contributed by atoms with E-state index in [-0.39, 0.29) is 16.6 Å². The van der Waals surface area contributed by atoms with Gasteiger partial charge in [-0.1, -0.05) is 42.1 Å². The fourth-order valence-electron chi connectivity index (χ4n) is 2.86. The Hall–Kier alpha value is -2.36. The van der Waals surface area contributed by atoms with Gasteiger partial charge in [0, 0.05) is 20.1 Å². The van der Waals surface area contributed by atoms with E-state index in [1.54, 1.807) is 18.0 Å². The van der Waals surface area contributed by atoms with E-state index in [0.29, 0.717) is 23.8 Å². The summed E-state index contributed by atoms with van der Waals surface area (Å²) in [7, 11) is -2.01. The molecule has 148 valence electrons. The predicted molar refractivity (Wildman–Crippen MR) is 110 cm³/mol. The lowest BCUT2D eigenvalue weighted by atomic mass is 10.2. The molecule has 0 aliphatic carbocycles. The van der Waals surface area contributed by atoms with E-state index in [1.807, 2.05) is 41.8 Å². The number of hydrogen-bond donors (Lipinski definition) is 1. The maximum atomic E-state index is 12.5. The van der Waals surface area contributed by atoms with Gasteiger partial charge in [0.05, 0.1) is 21.7 Å². The molecule has 0 bridgehead atoms. The van der Waals surface area contributed by atoms with Gasteiger partial charge in [0.15, 0.2) is 5.16 Å². The van der Waals surface area contributed by atoms with Crippen molar-refractivity contribution in [3.63, 3.8) is 0 Å². The number of benzene rings is 2. The van der Waals surface area contributed by atoms with Crippen LogP contribution in [0.3, 0.4) is 0 Å². The van der Waals surface area contributed by atoms with Crippen molar-refractivity contribution in [3.05, 3.63) is 54.1 Å². The van der Waals surface area contributed by atoms with Crippen LogP contribution in [0.1, 0.15) is 12.5 Å². The van der Waals surface area contributed by atoms with Crippen molar-refractivity contribution in [1.82, 2.24) is 14.5 Å². The number of nitrogens with zero attached hydrogens (tertiary/aromatic N) is 3. The molecular formula is C19H22N4O3S2. The summed E-state index contributed by atoms with van der Waals surface area (Å²) in [5.74, 6) is 0.239. The minimum atomic E-state index is -3.79. The van der Waals surface area contributed by atoms with Crippen LogP contribution < -0.4 is 5.14 Å². The SMILES string of the molecule is CCn1c(SCC(=O)N(C)Cc2ccccc2)nc2cc(S(N)(=O)=O)ccc21. The quantitative estimate of drug-likeness (QED) is 0.594. The zero-order valence-corrected chi connectivity index (χ0v) is 17.3. The number of primary sulfonamides is 1. The fourth-order valence-corrected chi connectivity index (χ4v) is 4.41. The number of amides is 1. The number of carbonyl (C=O) groups is 1. The van der Waals surface area contributed by atoms with E-state index >= 15 is 0 Å². The molecule has 28 heavy (non-hydrogen) atoms. The number of nitrogens with two attached hydrogens (primary N) is 1. The summed E-state index contributed by atoms with van der Waals surface area (Å²) < 4.78 is 25.1. The summed E-state index contributed by atoms with van der Waals surface area (Å²) in [4.78, 5) is 18.7. The zero-order valence-electron chi connectivity index (χ0n) is 15.7. The summed E-state index contributed by atoms with van der Waals surface area (Å²) in [5, 5.41) is 5.87. The summed E-state index contributed by atoms with van der Waals surface area (Å²) in [5.41, 5.74) is 2.42. The largest absolute Gasteiger partial charge is 0.341 e. The lowest BCUT2D eigenvalue weighted by Crippen LogP contribution is -2.27. The second-order valence-corrected chi connectivity index (χ2v) is 8.86. The highest BCUT2D eigenvalue weighted by molar-refractivity contribution is 7.99. The smallest absolute Gasteiger partial charge is 0.238 e. The average Bonchev–Trinajstić information content (AvgIpc) is 3.02. The van der Waals surface area contributed by atoms with Crippen LogP contribution in [0, 0.1) is 0 Å². The molecule has 3 aromatic rings. The molecule has 3 rings (SSSR count). The molecule has 0 atom stereocenters. The van der Waals surface area contributed by atoms with E-state index in [9.17, 15) is 13.2 Å². The maximum absolute atomic E-state index is 12.5. The van der Waals surface area contributed by atoms with E-state index < -0.39 is 10.0 Å². The van der Waals surface area contributed by atoms with Crippen LogP contribution in [0.2, 0.25) is 0 Å². The van der Waals surface area contributed by atoms with Crippen LogP contribution >= 0.6 is 11.8 Å². The minimum absolute atomic E-state index is 0.00575. The summed E-state index contributed by atoms with van der Waals surface area (Å²) in [6.07, 6.45) is 0. The topological polar surface area (TPSA) is 98.3 Å². The Labute approximate surface area is 168 Å². The average molecular weight is 419 g/mol. The van der Waals surface area contributed by atoms with Crippen molar-refractivity contribution >= 4 is 38.7 Å². The fraction of sp³-hybridized carbons (Fsp3) is 0.263. The van der Waals surface area contributed by atoms with E-state index in [1.165, 1.54) is 23.9 Å². The minimum Gasteiger partial charge on any atom is -0.341 e. The van der Waals surface area contributed by atoms with Crippen molar-refractivity contribution in [2.45, 2.75) is 30.1 Å². The van der Waals surface area contributed by atoms with Gasteiger partial charge >= 0.3 is 0 Å². The van der Waals surface area contributed by atoms with Crippen LogP contribution in [0.25, 0.3) is 11.0 Å². The number of imidazole rings is 1. The lowest BCUT2D eigenvalue weighted by molar-refractivity contribution is -0.127. The second-order valence-electron chi connectivity index (χ2n) is 6.36. The third-order valence-electron chi connectivity index (χ3n) is 4.34. The number of sulfonamides is 1. The Morgan fingerprint density at radius 1 is 1.21 bits per heavy atom. The van der Waals surface area contributed by atoms with Crippen LogP contribution in [0.4, 0.5) is 0 Å². The Kier molecular flexibility index (Phi) is 6.07. The van der Waals surface area contributed by atoms with Gasteiger partial charge in [-0.3, -0.25) is 4.79 Å². The number of aryl methyl sites for hydroxylation is 1. The molecule has 0 saturated carbocycles. The van der Waals surface area contributed by atoms with Gasteiger partial charge in [-0.05, 0) is 30.7 Å². The highest BCUT2D eigenvalue weighted by atomic mass is 32.2. The van der Waals surface area contributed by atoms with Crippen LogP contribution in [-0.2, 0) is 27.9 Å². The number of fused-ring (bicyclic) bond motifs is 1. The molecule has 0 aliphatic rings. The first-order chi connectivity index (χ1) is 13.3. The molecule has 0 fully saturated rings. The van der Waals surface area contributed by atoms with Crippen LogP contribution in [-0.4, -0.2) is 41.6 Å². The molecule has 0 spiro atoms. The molecule has 0 saturated heterocycles. The summed E-state index contributed by atoms with van der Waals surface area (Å²) >= 11 is 1.34. The standard InChI is InChI=1S/C19H22N4O3S2/c1-3-23-17-10-9-15(28(20,25)26)11-16(17)21-19(23)27-13-18(24)22(2)12-14-7-5-4-6-8-14/h4-11H,3,12-13H2,1-2H3,(H2,20,25,26). The molecular weight excluding hydrogens is 396 g/mol. The first kappa shape index (κ1) is 20.4. The molecule has 2 aromatic carbocycles. The molecule has 1 aromatic heterocycles. The number of rotatable bonds is 7. The number of thioether (sulfide) groups is 1. The Bertz CT molecular complexity index is 1100. The Balaban J connectivity index is 1.75. The third-order valence-corrected chi connectivity index (χ3v) is 6.21. The third kappa shape index (κ3) is 4.54. The molecule has 9 heteroatoms. The lowest BCUT2D eigenvalue weighted by Gasteiger charge is -2.17. The Morgan fingerprint density at radius 2 is 1.93 bits per heavy atom. The van der Waals surface area contributed by atoms with Crippen molar-refractivity contribution < 1.29 is 13.2 Å².